The lowest BCUT2D eigenvalue weighted by molar-refractivity contribution is -0.187. The number of H-pyrrole nitrogens is 1. The van der Waals surface area contributed by atoms with Crippen molar-refractivity contribution in [3.05, 3.63) is 29.5 Å². The molecule has 4 nitrogen and oxygen atoms in total. The number of fused-ring (bicyclic) bond motifs is 5. The molecule has 0 bridgehead atoms. The van der Waals surface area contributed by atoms with Crippen LogP contribution in [0.15, 0.2) is 23.1 Å². The first-order valence-electron chi connectivity index (χ1n) is 8.20. The van der Waals surface area contributed by atoms with Crippen molar-refractivity contribution >= 4 is 22.7 Å². The molecule has 0 aliphatic carbocycles. The lowest BCUT2D eigenvalue weighted by atomic mass is 9.93. The largest absolute Gasteiger partial charge is 0.357 e. The number of benzene rings is 1. The molecule has 2 aliphatic heterocycles. The van der Waals surface area contributed by atoms with E-state index in [2.05, 4.69) is 35.2 Å². The van der Waals surface area contributed by atoms with Crippen LogP contribution in [0, 0.1) is 0 Å². The van der Waals surface area contributed by atoms with Crippen LogP contribution in [0.25, 0.3) is 10.9 Å². The Bertz CT molecular complexity index is 684. The minimum Gasteiger partial charge on any atom is -0.357 e. The van der Waals surface area contributed by atoms with Crippen molar-refractivity contribution in [2.24, 2.45) is 5.73 Å². The molecule has 118 valence electrons. The highest BCUT2D eigenvalue weighted by Gasteiger charge is 2.36. The number of aromatic nitrogens is 1. The van der Waals surface area contributed by atoms with E-state index in [-0.39, 0.29) is 12.1 Å². The Labute approximate surface area is 135 Å². The molecule has 5 heteroatoms. The molecule has 1 saturated heterocycles. The van der Waals surface area contributed by atoms with E-state index in [0.717, 1.165) is 38.2 Å². The van der Waals surface area contributed by atoms with Gasteiger partial charge in [0, 0.05) is 34.1 Å². The molecule has 0 spiro atoms. The molecule has 0 unspecified atom stereocenters. The smallest absolute Gasteiger partial charge is 0.0905 e. The summed E-state index contributed by atoms with van der Waals surface area (Å²) < 4.78 is 0. The van der Waals surface area contributed by atoms with Crippen molar-refractivity contribution in [2.45, 2.75) is 43.2 Å². The molecular formula is C17H23N3OS. The van der Waals surface area contributed by atoms with E-state index in [1.807, 2.05) is 11.8 Å². The highest BCUT2D eigenvalue weighted by Crippen LogP contribution is 2.39. The summed E-state index contributed by atoms with van der Waals surface area (Å²) in [5.74, 6) is 1.10. The Morgan fingerprint density at radius 3 is 3.23 bits per heavy atom. The fourth-order valence-electron chi connectivity index (χ4n) is 3.76. The minimum absolute atomic E-state index is 0.138. The van der Waals surface area contributed by atoms with Gasteiger partial charge in [-0.1, -0.05) is 6.92 Å². The molecule has 4 rings (SSSR count). The second-order valence-corrected chi connectivity index (χ2v) is 7.47. The van der Waals surface area contributed by atoms with Gasteiger partial charge in [-0.2, -0.15) is 5.06 Å². The summed E-state index contributed by atoms with van der Waals surface area (Å²) in [4.78, 5) is 10.9. The summed E-state index contributed by atoms with van der Waals surface area (Å²) in [6.45, 7) is 3.92. The number of nitrogens with zero attached hydrogens (tertiary/aromatic N) is 1. The first-order valence-corrected chi connectivity index (χ1v) is 9.19. The molecule has 3 N–H and O–H groups in total. The Hall–Kier alpha value is -1.01. The lowest BCUT2D eigenvalue weighted by Crippen LogP contribution is -2.43. The van der Waals surface area contributed by atoms with Crippen LogP contribution >= 0.6 is 11.8 Å². The van der Waals surface area contributed by atoms with Crippen LogP contribution < -0.4 is 5.73 Å². The summed E-state index contributed by atoms with van der Waals surface area (Å²) in [6.07, 6.45) is 3.09. The van der Waals surface area contributed by atoms with Gasteiger partial charge in [-0.05, 0) is 48.8 Å². The Kier molecular flexibility index (Phi) is 3.90. The molecule has 22 heavy (non-hydrogen) atoms. The van der Waals surface area contributed by atoms with Gasteiger partial charge in [-0.3, -0.25) is 4.84 Å². The molecule has 1 fully saturated rings. The van der Waals surface area contributed by atoms with Gasteiger partial charge in [0.2, 0.25) is 0 Å². The summed E-state index contributed by atoms with van der Waals surface area (Å²) in [7, 11) is 0. The highest BCUT2D eigenvalue weighted by atomic mass is 32.2. The molecule has 2 aromatic rings. The monoisotopic (exact) mass is 317 g/mol. The van der Waals surface area contributed by atoms with E-state index in [9.17, 15) is 0 Å². The van der Waals surface area contributed by atoms with Crippen molar-refractivity contribution in [2.75, 3.05) is 18.9 Å². The third kappa shape index (κ3) is 2.36. The average molecular weight is 317 g/mol. The third-order valence-electron chi connectivity index (χ3n) is 4.75. The molecule has 2 aliphatic rings. The summed E-state index contributed by atoms with van der Waals surface area (Å²) in [5, 5.41) is 3.47. The summed E-state index contributed by atoms with van der Waals surface area (Å²) in [6, 6.07) is 7.05. The van der Waals surface area contributed by atoms with Crippen LogP contribution in [-0.2, 0) is 11.3 Å². The van der Waals surface area contributed by atoms with Gasteiger partial charge >= 0.3 is 0 Å². The Balaban J connectivity index is 1.81. The predicted molar refractivity (Wildman–Crippen MR) is 91.0 cm³/mol. The normalized spacial score (nSPS) is 25.7. The zero-order chi connectivity index (χ0) is 15.1. The number of nitrogens with one attached hydrogen (secondary N) is 1. The number of nitrogens with two attached hydrogens (primary N) is 1. The van der Waals surface area contributed by atoms with E-state index >= 15 is 0 Å². The number of hydrogen-bond acceptors (Lipinski definition) is 4. The van der Waals surface area contributed by atoms with Gasteiger partial charge < -0.3 is 10.7 Å². The SMILES string of the molecule is CCSc1ccc2[nH]c3c(c2c1)CCN1OCCC[C@@H](N)[C@@H]31. The fourth-order valence-corrected chi connectivity index (χ4v) is 4.46. The van der Waals surface area contributed by atoms with E-state index in [0.29, 0.717) is 0 Å². The first kappa shape index (κ1) is 14.6. The molecule has 0 radical (unpaired) electrons. The second kappa shape index (κ2) is 5.89. The molecule has 0 saturated carbocycles. The highest BCUT2D eigenvalue weighted by molar-refractivity contribution is 7.99. The van der Waals surface area contributed by atoms with Crippen molar-refractivity contribution in [1.82, 2.24) is 10.0 Å². The van der Waals surface area contributed by atoms with Crippen molar-refractivity contribution in [1.29, 1.82) is 0 Å². The van der Waals surface area contributed by atoms with Crippen LogP contribution in [0.4, 0.5) is 0 Å². The van der Waals surface area contributed by atoms with Gasteiger partial charge in [0.25, 0.3) is 0 Å². The Morgan fingerprint density at radius 1 is 1.45 bits per heavy atom. The average Bonchev–Trinajstić information content (AvgIpc) is 2.78. The van der Waals surface area contributed by atoms with Gasteiger partial charge in [-0.25, -0.2) is 0 Å². The van der Waals surface area contributed by atoms with Gasteiger partial charge in [0.1, 0.15) is 0 Å². The summed E-state index contributed by atoms with van der Waals surface area (Å²) in [5.41, 5.74) is 10.4. The molecular weight excluding hydrogens is 294 g/mol. The maximum atomic E-state index is 6.46. The fraction of sp³-hybridized carbons (Fsp3) is 0.529. The maximum Gasteiger partial charge on any atom is 0.0905 e. The van der Waals surface area contributed by atoms with Crippen LogP contribution in [0.5, 0.6) is 0 Å². The number of rotatable bonds is 2. The minimum atomic E-state index is 0.138. The summed E-state index contributed by atoms with van der Waals surface area (Å²) >= 11 is 1.90. The van der Waals surface area contributed by atoms with Crippen LogP contribution in [0.1, 0.15) is 37.1 Å². The molecule has 3 heterocycles. The predicted octanol–water partition coefficient (Wildman–Crippen LogP) is 3.23. The van der Waals surface area contributed by atoms with Gasteiger partial charge in [0.15, 0.2) is 0 Å². The molecule has 1 aromatic heterocycles. The number of thioether (sulfide) groups is 1. The van der Waals surface area contributed by atoms with Crippen molar-refractivity contribution < 1.29 is 4.84 Å². The molecule has 1 aromatic carbocycles. The maximum absolute atomic E-state index is 6.46. The van der Waals surface area contributed by atoms with E-state index in [1.165, 1.54) is 27.1 Å². The van der Waals surface area contributed by atoms with Crippen molar-refractivity contribution in [3.63, 3.8) is 0 Å². The van der Waals surface area contributed by atoms with E-state index in [4.69, 9.17) is 10.6 Å². The van der Waals surface area contributed by atoms with Crippen LogP contribution in [0.2, 0.25) is 0 Å². The van der Waals surface area contributed by atoms with Gasteiger partial charge in [-0.15, -0.1) is 11.8 Å². The van der Waals surface area contributed by atoms with Crippen LogP contribution in [0.3, 0.4) is 0 Å². The quantitative estimate of drug-likeness (QED) is 0.835. The number of aromatic amines is 1. The number of hydroxylamine groups is 2. The zero-order valence-corrected chi connectivity index (χ0v) is 13.8. The van der Waals surface area contributed by atoms with Crippen LogP contribution in [-0.4, -0.2) is 35.0 Å². The van der Waals surface area contributed by atoms with E-state index < -0.39 is 0 Å². The Morgan fingerprint density at radius 2 is 2.36 bits per heavy atom. The third-order valence-corrected chi connectivity index (χ3v) is 5.63. The van der Waals surface area contributed by atoms with Crippen molar-refractivity contribution in [3.8, 4) is 0 Å². The topological polar surface area (TPSA) is 54.3 Å². The lowest BCUT2D eigenvalue weighted by Gasteiger charge is -2.35. The van der Waals surface area contributed by atoms with E-state index in [1.54, 1.807) is 0 Å². The molecule has 0 amide bonds. The first-order chi connectivity index (χ1) is 10.8. The standard InChI is InChI=1S/C17H23N3OS/c1-2-22-11-5-6-15-13(10-11)12-7-8-20-17(16(12)19-15)14(18)4-3-9-21-20/h5-6,10,14,17,19H,2-4,7-9,18H2,1H3/t14-,17+/m1/s1. The van der Waals surface area contributed by atoms with Gasteiger partial charge in [0.05, 0.1) is 12.6 Å². The zero-order valence-electron chi connectivity index (χ0n) is 13.0. The molecule has 2 atom stereocenters. The second-order valence-electron chi connectivity index (χ2n) is 6.13. The number of hydrogen-bond donors (Lipinski definition) is 2.